The van der Waals surface area contributed by atoms with Crippen molar-refractivity contribution in [2.45, 2.75) is 32.0 Å². The van der Waals surface area contributed by atoms with Crippen molar-refractivity contribution in [2.75, 3.05) is 19.7 Å². The van der Waals surface area contributed by atoms with Crippen molar-refractivity contribution in [3.8, 4) is 5.75 Å². The summed E-state index contributed by atoms with van der Waals surface area (Å²) in [5.41, 5.74) is 0. The molecule has 2 unspecified atom stereocenters. The molecule has 106 valence electrons. The van der Waals surface area contributed by atoms with Gasteiger partial charge in [0.2, 0.25) is 0 Å². The SMILES string of the molecule is CC(CNCC1CCCO1)Oc1ccc(Cl)c(F)c1. The molecular weight excluding hydrogens is 269 g/mol. The van der Waals surface area contributed by atoms with Crippen molar-refractivity contribution in [2.24, 2.45) is 0 Å². The van der Waals surface area contributed by atoms with Crippen LogP contribution in [-0.2, 0) is 4.74 Å². The van der Waals surface area contributed by atoms with Gasteiger partial charge in [0.15, 0.2) is 0 Å². The Morgan fingerprint density at radius 1 is 1.58 bits per heavy atom. The van der Waals surface area contributed by atoms with E-state index in [0.29, 0.717) is 18.4 Å². The molecule has 0 spiro atoms. The van der Waals surface area contributed by atoms with Crippen LogP contribution < -0.4 is 10.1 Å². The Kier molecular flexibility index (Phi) is 5.43. The Balaban J connectivity index is 1.70. The molecule has 2 atom stereocenters. The van der Waals surface area contributed by atoms with Gasteiger partial charge in [-0.15, -0.1) is 0 Å². The third kappa shape index (κ3) is 4.64. The zero-order chi connectivity index (χ0) is 13.7. The molecule has 0 amide bonds. The van der Waals surface area contributed by atoms with E-state index in [1.54, 1.807) is 6.07 Å². The molecule has 2 rings (SSSR count). The molecule has 1 N–H and O–H groups in total. The average molecular weight is 288 g/mol. The van der Waals surface area contributed by atoms with E-state index in [1.165, 1.54) is 12.1 Å². The Morgan fingerprint density at radius 2 is 2.42 bits per heavy atom. The monoisotopic (exact) mass is 287 g/mol. The lowest BCUT2D eigenvalue weighted by Crippen LogP contribution is -2.34. The lowest BCUT2D eigenvalue weighted by atomic mass is 10.2. The summed E-state index contributed by atoms with van der Waals surface area (Å²) in [7, 11) is 0. The highest BCUT2D eigenvalue weighted by Gasteiger charge is 2.15. The molecule has 0 aliphatic carbocycles. The fourth-order valence-corrected chi connectivity index (χ4v) is 2.19. The molecule has 5 heteroatoms. The molecule has 1 saturated heterocycles. The summed E-state index contributed by atoms with van der Waals surface area (Å²) in [6.45, 7) is 4.34. The minimum absolute atomic E-state index is 0.0398. The molecule has 0 saturated carbocycles. The molecule has 0 radical (unpaired) electrons. The molecule has 19 heavy (non-hydrogen) atoms. The number of hydrogen-bond donors (Lipinski definition) is 1. The summed E-state index contributed by atoms with van der Waals surface area (Å²) >= 11 is 5.62. The highest BCUT2D eigenvalue weighted by atomic mass is 35.5. The summed E-state index contributed by atoms with van der Waals surface area (Å²) in [6.07, 6.45) is 2.54. The normalized spacial score (nSPS) is 20.5. The van der Waals surface area contributed by atoms with Gasteiger partial charge in [-0.2, -0.15) is 0 Å². The highest BCUT2D eigenvalue weighted by molar-refractivity contribution is 6.30. The van der Waals surface area contributed by atoms with Crippen LogP contribution in [0, 0.1) is 5.82 Å². The maximum atomic E-state index is 13.2. The van der Waals surface area contributed by atoms with Crippen molar-refractivity contribution in [1.29, 1.82) is 0 Å². The largest absolute Gasteiger partial charge is 0.489 e. The second-order valence-corrected chi connectivity index (χ2v) is 5.20. The van der Waals surface area contributed by atoms with Crippen LogP contribution in [0.1, 0.15) is 19.8 Å². The van der Waals surface area contributed by atoms with Gasteiger partial charge in [-0.3, -0.25) is 0 Å². The van der Waals surface area contributed by atoms with Crippen LogP contribution in [0.5, 0.6) is 5.75 Å². The van der Waals surface area contributed by atoms with Crippen LogP contribution in [-0.4, -0.2) is 31.9 Å². The predicted molar refractivity (Wildman–Crippen MR) is 73.3 cm³/mol. The first-order valence-electron chi connectivity index (χ1n) is 6.59. The topological polar surface area (TPSA) is 30.5 Å². The van der Waals surface area contributed by atoms with Gasteiger partial charge >= 0.3 is 0 Å². The first-order chi connectivity index (χ1) is 9.15. The van der Waals surface area contributed by atoms with Crippen molar-refractivity contribution in [1.82, 2.24) is 5.32 Å². The molecule has 3 nitrogen and oxygen atoms in total. The standard InChI is InChI=1S/C14H19ClFNO2/c1-10(8-17-9-12-3-2-6-18-12)19-11-4-5-13(15)14(16)7-11/h4-5,7,10,12,17H,2-3,6,8-9H2,1H3. The fraction of sp³-hybridized carbons (Fsp3) is 0.571. The van der Waals surface area contributed by atoms with Gasteiger partial charge in [0.25, 0.3) is 0 Å². The molecular formula is C14H19ClFNO2. The second kappa shape index (κ2) is 7.08. The summed E-state index contributed by atoms with van der Waals surface area (Å²) < 4.78 is 24.4. The number of rotatable bonds is 6. The molecule has 1 aromatic carbocycles. The van der Waals surface area contributed by atoms with Crippen molar-refractivity contribution >= 4 is 11.6 Å². The van der Waals surface area contributed by atoms with Crippen LogP contribution in [0.2, 0.25) is 5.02 Å². The van der Waals surface area contributed by atoms with Crippen LogP contribution in [0.15, 0.2) is 18.2 Å². The number of nitrogens with one attached hydrogen (secondary N) is 1. The Bertz CT molecular complexity index is 410. The van der Waals surface area contributed by atoms with Gasteiger partial charge < -0.3 is 14.8 Å². The van der Waals surface area contributed by atoms with E-state index in [1.807, 2.05) is 6.92 Å². The van der Waals surface area contributed by atoms with Crippen LogP contribution in [0.25, 0.3) is 0 Å². The zero-order valence-corrected chi connectivity index (χ0v) is 11.8. The van der Waals surface area contributed by atoms with E-state index in [9.17, 15) is 4.39 Å². The first kappa shape index (κ1) is 14.6. The molecule has 1 fully saturated rings. The summed E-state index contributed by atoms with van der Waals surface area (Å²) in [4.78, 5) is 0. The number of halogens is 2. The Labute approximate surface area is 118 Å². The Morgan fingerprint density at radius 3 is 3.11 bits per heavy atom. The minimum atomic E-state index is -0.460. The maximum absolute atomic E-state index is 13.2. The number of ether oxygens (including phenoxy) is 2. The van der Waals surface area contributed by atoms with E-state index in [4.69, 9.17) is 21.1 Å². The van der Waals surface area contributed by atoms with Crippen LogP contribution in [0.4, 0.5) is 4.39 Å². The summed E-state index contributed by atoms with van der Waals surface area (Å²) in [6, 6.07) is 4.47. The van der Waals surface area contributed by atoms with E-state index < -0.39 is 5.82 Å². The summed E-state index contributed by atoms with van der Waals surface area (Å²) in [5, 5.41) is 3.41. The molecule has 1 aromatic rings. The van der Waals surface area contributed by atoms with E-state index in [2.05, 4.69) is 5.32 Å². The zero-order valence-electron chi connectivity index (χ0n) is 11.0. The maximum Gasteiger partial charge on any atom is 0.145 e. The van der Waals surface area contributed by atoms with Gasteiger partial charge in [0.1, 0.15) is 17.7 Å². The van der Waals surface area contributed by atoms with Gasteiger partial charge in [-0.25, -0.2) is 4.39 Å². The van der Waals surface area contributed by atoms with Crippen LogP contribution in [0.3, 0.4) is 0 Å². The Hall–Kier alpha value is -0.840. The van der Waals surface area contributed by atoms with E-state index >= 15 is 0 Å². The third-order valence-corrected chi connectivity index (χ3v) is 3.36. The molecule has 1 aliphatic rings. The number of hydrogen-bond acceptors (Lipinski definition) is 3. The first-order valence-corrected chi connectivity index (χ1v) is 6.97. The minimum Gasteiger partial charge on any atom is -0.489 e. The van der Waals surface area contributed by atoms with Crippen LogP contribution >= 0.6 is 11.6 Å². The molecule has 0 bridgehead atoms. The van der Waals surface area contributed by atoms with Gasteiger partial charge in [0, 0.05) is 25.8 Å². The number of benzene rings is 1. The third-order valence-electron chi connectivity index (χ3n) is 3.06. The molecule has 1 heterocycles. The van der Waals surface area contributed by atoms with Crippen molar-refractivity contribution in [3.05, 3.63) is 29.0 Å². The van der Waals surface area contributed by atoms with Crippen molar-refractivity contribution in [3.63, 3.8) is 0 Å². The summed E-state index contributed by atoms with van der Waals surface area (Å²) in [5.74, 6) is 0.0343. The molecule has 0 aromatic heterocycles. The lowest BCUT2D eigenvalue weighted by molar-refractivity contribution is 0.106. The average Bonchev–Trinajstić information content (AvgIpc) is 2.87. The van der Waals surface area contributed by atoms with Crippen molar-refractivity contribution < 1.29 is 13.9 Å². The lowest BCUT2D eigenvalue weighted by Gasteiger charge is -2.17. The smallest absolute Gasteiger partial charge is 0.145 e. The van der Waals surface area contributed by atoms with Gasteiger partial charge in [0.05, 0.1) is 11.1 Å². The second-order valence-electron chi connectivity index (χ2n) is 4.80. The fourth-order valence-electron chi connectivity index (χ4n) is 2.08. The quantitative estimate of drug-likeness (QED) is 0.872. The van der Waals surface area contributed by atoms with E-state index in [0.717, 1.165) is 26.0 Å². The van der Waals surface area contributed by atoms with Gasteiger partial charge in [-0.05, 0) is 31.9 Å². The predicted octanol–water partition coefficient (Wildman–Crippen LogP) is 3.02. The van der Waals surface area contributed by atoms with Gasteiger partial charge in [-0.1, -0.05) is 11.6 Å². The van der Waals surface area contributed by atoms with E-state index in [-0.39, 0.29) is 11.1 Å². The highest BCUT2D eigenvalue weighted by Crippen LogP contribution is 2.21. The molecule has 1 aliphatic heterocycles.